The van der Waals surface area contributed by atoms with E-state index in [4.69, 9.17) is 10.5 Å². The topological polar surface area (TPSA) is 84.5 Å². The molecule has 1 fully saturated rings. The molecule has 6 nitrogen and oxygen atoms in total. The summed E-state index contributed by atoms with van der Waals surface area (Å²) in [6.07, 6.45) is 3.76. The molecule has 2 aromatic rings. The zero-order valence-electron chi connectivity index (χ0n) is 14.5. The molecule has 0 aliphatic carbocycles. The van der Waals surface area contributed by atoms with E-state index in [0.717, 1.165) is 32.5 Å². The third-order valence-corrected chi connectivity index (χ3v) is 5.08. The number of likely N-dealkylation sites (tertiary alicyclic amines) is 1. The molecule has 0 spiro atoms. The maximum atomic E-state index is 14.3. The van der Waals surface area contributed by atoms with E-state index >= 15 is 0 Å². The van der Waals surface area contributed by atoms with Crippen molar-refractivity contribution >= 4 is 11.0 Å². The molecule has 1 aliphatic heterocycles. The van der Waals surface area contributed by atoms with Gasteiger partial charge in [0.2, 0.25) is 5.88 Å². The Morgan fingerprint density at radius 3 is 2.84 bits per heavy atom. The molecule has 3 N–H and O–H groups in total. The normalized spacial score (nSPS) is 17.8. The Morgan fingerprint density at radius 2 is 2.16 bits per heavy atom. The number of methoxy groups -OCH3 is 1. The summed E-state index contributed by atoms with van der Waals surface area (Å²) in [5.74, 6) is 0.496. The molecule has 136 valence electrons. The summed E-state index contributed by atoms with van der Waals surface area (Å²) in [5, 5.41) is 9.18. The summed E-state index contributed by atoms with van der Waals surface area (Å²) >= 11 is 0. The van der Waals surface area contributed by atoms with Crippen LogP contribution < -0.4 is 10.5 Å². The lowest BCUT2D eigenvalue weighted by atomic mass is 9.90. The van der Waals surface area contributed by atoms with Crippen molar-refractivity contribution in [1.29, 1.82) is 0 Å². The number of aliphatic hydroxyl groups excluding tert-OH is 1. The van der Waals surface area contributed by atoms with E-state index in [1.807, 2.05) is 0 Å². The molecule has 3 rings (SSSR count). The van der Waals surface area contributed by atoms with Gasteiger partial charge in [-0.05, 0) is 44.3 Å². The summed E-state index contributed by atoms with van der Waals surface area (Å²) in [6.45, 7) is 2.63. The van der Waals surface area contributed by atoms with Gasteiger partial charge in [0, 0.05) is 24.2 Å². The Labute approximate surface area is 146 Å². The molecule has 0 amide bonds. The van der Waals surface area contributed by atoms with Gasteiger partial charge in [0.1, 0.15) is 5.82 Å². The van der Waals surface area contributed by atoms with Crippen LogP contribution >= 0.6 is 0 Å². The zero-order chi connectivity index (χ0) is 17.8. The Morgan fingerprint density at radius 1 is 1.40 bits per heavy atom. The lowest BCUT2D eigenvalue weighted by molar-refractivity contribution is 0.142. The standard InChI is InChI=1S/C18H25FN4O2/c1-25-17-3-2-16-18(22-17)13(14(19)10-21-16)6-9-23-7-4-12(5-8-23)15(20)11-24/h2-3,10,12,15,24H,4-9,11,20H2,1H3. The molecule has 1 atom stereocenters. The second-order valence-corrected chi connectivity index (χ2v) is 6.58. The first kappa shape index (κ1) is 18.0. The van der Waals surface area contributed by atoms with Crippen LogP contribution in [0, 0.1) is 11.7 Å². The zero-order valence-corrected chi connectivity index (χ0v) is 14.5. The smallest absolute Gasteiger partial charge is 0.213 e. The van der Waals surface area contributed by atoms with Crippen LogP contribution in [0.3, 0.4) is 0 Å². The maximum Gasteiger partial charge on any atom is 0.213 e. The monoisotopic (exact) mass is 348 g/mol. The molecular weight excluding hydrogens is 323 g/mol. The van der Waals surface area contributed by atoms with E-state index in [0.29, 0.717) is 34.8 Å². The van der Waals surface area contributed by atoms with Crippen molar-refractivity contribution in [3.05, 3.63) is 29.7 Å². The number of ether oxygens (including phenoxy) is 1. The van der Waals surface area contributed by atoms with E-state index in [1.54, 1.807) is 19.2 Å². The highest BCUT2D eigenvalue weighted by atomic mass is 19.1. The molecule has 1 unspecified atom stereocenters. The van der Waals surface area contributed by atoms with Crippen LogP contribution in [0.5, 0.6) is 5.88 Å². The number of aliphatic hydroxyl groups is 1. The van der Waals surface area contributed by atoms with E-state index in [1.165, 1.54) is 6.20 Å². The summed E-state index contributed by atoms with van der Waals surface area (Å²) in [5.41, 5.74) is 7.74. The van der Waals surface area contributed by atoms with Crippen molar-refractivity contribution in [1.82, 2.24) is 14.9 Å². The van der Waals surface area contributed by atoms with Gasteiger partial charge < -0.3 is 20.5 Å². The van der Waals surface area contributed by atoms with Gasteiger partial charge in [-0.2, -0.15) is 0 Å². The first-order valence-electron chi connectivity index (χ1n) is 8.69. The number of piperidine rings is 1. The Balaban J connectivity index is 1.68. The molecule has 0 bridgehead atoms. The van der Waals surface area contributed by atoms with Gasteiger partial charge in [0.15, 0.2) is 0 Å². The van der Waals surface area contributed by atoms with E-state index in [-0.39, 0.29) is 18.5 Å². The van der Waals surface area contributed by atoms with Crippen LogP contribution in [-0.4, -0.2) is 59.4 Å². The van der Waals surface area contributed by atoms with Crippen LogP contribution in [0.4, 0.5) is 4.39 Å². The molecular formula is C18H25FN4O2. The van der Waals surface area contributed by atoms with Gasteiger partial charge in [-0.3, -0.25) is 4.98 Å². The van der Waals surface area contributed by atoms with Gasteiger partial charge in [0.25, 0.3) is 0 Å². The van der Waals surface area contributed by atoms with Crippen LogP contribution in [0.1, 0.15) is 18.4 Å². The SMILES string of the molecule is COc1ccc2ncc(F)c(CCN3CCC(C(N)CO)CC3)c2n1. The van der Waals surface area contributed by atoms with E-state index in [9.17, 15) is 9.50 Å². The predicted octanol–water partition coefficient (Wildman–Crippen LogP) is 1.35. The van der Waals surface area contributed by atoms with E-state index in [2.05, 4.69) is 14.9 Å². The summed E-state index contributed by atoms with van der Waals surface area (Å²) in [4.78, 5) is 10.8. The van der Waals surface area contributed by atoms with E-state index < -0.39 is 0 Å². The lowest BCUT2D eigenvalue weighted by Crippen LogP contribution is -2.43. The van der Waals surface area contributed by atoms with Gasteiger partial charge in [-0.1, -0.05) is 0 Å². The van der Waals surface area contributed by atoms with Crippen LogP contribution in [0.25, 0.3) is 11.0 Å². The number of nitrogens with zero attached hydrogens (tertiary/aromatic N) is 3. The number of rotatable bonds is 6. The Kier molecular flexibility index (Phi) is 5.78. The van der Waals surface area contributed by atoms with Gasteiger partial charge in [-0.25, -0.2) is 9.37 Å². The number of hydrogen-bond donors (Lipinski definition) is 2. The number of hydrogen-bond acceptors (Lipinski definition) is 6. The maximum absolute atomic E-state index is 14.3. The lowest BCUT2D eigenvalue weighted by Gasteiger charge is -2.34. The van der Waals surface area contributed by atoms with Crippen molar-refractivity contribution in [2.45, 2.75) is 25.3 Å². The third-order valence-electron chi connectivity index (χ3n) is 5.08. The fourth-order valence-corrected chi connectivity index (χ4v) is 3.45. The summed E-state index contributed by atoms with van der Waals surface area (Å²) in [7, 11) is 1.54. The van der Waals surface area contributed by atoms with Crippen LogP contribution in [0.15, 0.2) is 18.3 Å². The summed E-state index contributed by atoms with van der Waals surface area (Å²) in [6, 6.07) is 3.39. The number of fused-ring (bicyclic) bond motifs is 1. The first-order chi connectivity index (χ1) is 12.1. The number of nitrogens with two attached hydrogens (primary N) is 1. The molecule has 25 heavy (non-hydrogen) atoms. The molecule has 0 saturated carbocycles. The Hall–Kier alpha value is -1.83. The van der Waals surface area contributed by atoms with Crippen LogP contribution in [0.2, 0.25) is 0 Å². The average Bonchev–Trinajstić information content (AvgIpc) is 2.66. The highest BCUT2D eigenvalue weighted by molar-refractivity contribution is 5.78. The van der Waals surface area contributed by atoms with Crippen molar-refractivity contribution in [3.63, 3.8) is 0 Å². The minimum Gasteiger partial charge on any atom is -0.481 e. The highest BCUT2D eigenvalue weighted by Gasteiger charge is 2.24. The molecule has 0 aromatic carbocycles. The molecule has 1 saturated heterocycles. The number of pyridine rings is 2. The van der Waals surface area contributed by atoms with Crippen molar-refractivity contribution in [2.75, 3.05) is 33.4 Å². The van der Waals surface area contributed by atoms with Crippen LogP contribution in [-0.2, 0) is 6.42 Å². The molecule has 2 aromatic heterocycles. The highest BCUT2D eigenvalue weighted by Crippen LogP contribution is 2.23. The van der Waals surface area contributed by atoms with Gasteiger partial charge >= 0.3 is 0 Å². The third kappa shape index (κ3) is 4.05. The van der Waals surface area contributed by atoms with Crippen molar-refractivity contribution in [2.24, 2.45) is 11.7 Å². The quantitative estimate of drug-likeness (QED) is 0.820. The van der Waals surface area contributed by atoms with Gasteiger partial charge in [0.05, 0.1) is 30.9 Å². The number of aromatic nitrogens is 2. The fraction of sp³-hybridized carbons (Fsp3) is 0.556. The largest absolute Gasteiger partial charge is 0.481 e. The predicted molar refractivity (Wildman–Crippen MR) is 94.0 cm³/mol. The second kappa shape index (κ2) is 8.03. The Bertz CT molecular complexity index is 720. The van der Waals surface area contributed by atoms with Gasteiger partial charge in [-0.15, -0.1) is 0 Å². The minimum absolute atomic E-state index is 0.0341. The first-order valence-corrected chi connectivity index (χ1v) is 8.69. The fourth-order valence-electron chi connectivity index (χ4n) is 3.45. The molecule has 7 heteroatoms. The minimum atomic E-state index is -0.328. The summed E-state index contributed by atoms with van der Waals surface area (Å²) < 4.78 is 19.5. The molecule has 0 radical (unpaired) electrons. The van der Waals surface area contributed by atoms with Crippen molar-refractivity contribution in [3.8, 4) is 5.88 Å². The number of halogens is 1. The molecule has 3 heterocycles. The average molecular weight is 348 g/mol. The van der Waals surface area contributed by atoms with Crippen molar-refractivity contribution < 1.29 is 14.2 Å². The second-order valence-electron chi connectivity index (χ2n) is 6.58. The molecule has 1 aliphatic rings.